The van der Waals surface area contributed by atoms with Crippen LogP contribution in [0.25, 0.3) is 0 Å². The van der Waals surface area contributed by atoms with Crippen LogP contribution in [0.1, 0.15) is 0 Å². The van der Waals surface area contributed by atoms with E-state index >= 15 is 0 Å². The molecule has 0 aromatic carbocycles. The molecule has 0 aromatic rings. The monoisotopic (exact) mass is 129 g/mol. The molecule has 0 spiro atoms. The topological polar surface area (TPSA) is 31.5 Å². The molecule has 0 amide bonds. The van der Waals surface area contributed by atoms with E-state index in [-0.39, 0.29) is 5.48 Å². The first-order valence-corrected chi connectivity index (χ1v) is 3.94. The third-order valence-corrected chi connectivity index (χ3v) is 0. The molecule has 4 heteroatoms. The van der Waals surface area contributed by atoms with E-state index in [0.717, 1.165) is 0 Å². The molecule has 0 aliphatic heterocycles. The van der Waals surface area contributed by atoms with Gasteiger partial charge in [-0.3, -0.25) is 0 Å². The van der Waals surface area contributed by atoms with Crippen molar-refractivity contribution in [2.45, 2.75) is 0 Å². The van der Waals surface area contributed by atoms with Gasteiger partial charge in [0.15, 0.2) is 0 Å². The molecule has 0 atom stereocenters. The zero-order valence-electron chi connectivity index (χ0n) is 2.23. The van der Waals surface area contributed by atoms with Crippen LogP contribution >= 0.6 is 0 Å². The third kappa shape index (κ3) is 10.8. The maximum atomic E-state index is 4.81. The quantitative estimate of drug-likeness (QED) is 0.353. The van der Waals surface area contributed by atoms with Gasteiger partial charge in [0, 0.05) is 0 Å². The number of rotatable bonds is 0. The van der Waals surface area contributed by atoms with Crippen LogP contribution < -0.4 is 0 Å². The Labute approximate surface area is 40.0 Å². The van der Waals surface area contributed by atoms with E-state index in [4.69, 9.17) is 7.50 Å². The zero-order valence-corrected chi connectivity index (χ0v) is 5.07. The van der Waals surface area contributed by atoms with Gasteiger partial charge in [-0.25, -0.2) is 0 Å². The van der Waals surface area contributed by atoms with Gasteiger partial charge in [0.2, 0.25) is 0 Å². The molecule has 2 N–H and O–H groups in total. The molecule has 17 valence electrons. The predicted molar refractivity (Wildman–Crippen MR) is 15.1 cm³/mol. The van der Waals surface area contributed by atoms with Gasteiger partial charge in [-0.1, -0.05) is 0 Å². The Balaban J connectivity index is 0. The molecule has 0 aliphatic rings. The zero-order chi connectivity index (χ0) is 2.71. The normalized spacial score (nSPS) is 6.00. The summed E-state index contributed by atoms with van der Waals surface area (Å²) in [5, 5.41) is 0. The minimum absolute atomic E-state index is 0. The Kier molecular flexibility index (Phi) is 19.9. The van der Waals surface area contributed by atoms with Crippen LogP contribution in [-0.4, -0.2) is 13.0 Å². The number of hydrogen-bond acceptors (Lipinski definition) is 0. The Morgan fingerprint density at radius 2 is 1.25 bits per heavy atom. The summed E-state index contributed by atoms with van der Waals surface area (Å²) in [6.45, 7) is 0. The Morgan fingerprint density at radius 3 is 1.25 bits per heavy atom. The van der Waals surface area contributed by atoms with Crippen LogP contribution in [0.3, 0.4) is 0 Å². The first-order valence-electron chi connectivity index (χ1n) is 0.667. The van der Waals surface area contributed by atoms with Gasteiger partial charge in [0.1, 0.15) is 0 Å². The van der Waals surface area contributed by atoms with Crippen molar-refractivity contribution in [3.63, 3.8) is 0 Å². The molecule has 0 aliphatic carbocycles. The van der Waals surface area contributed by atoms with Crippen molar-refractivity contribution in [3.8, 4) is 0 Å². The first-order chi connectivity index (χ1) is 1.41. The van der Waals surface area contributed by atoms with Crippen molar-refractivity contribution >= 4 is 7.50 Å². The fourth-order valence-electron chi connectivity index (χ4n) is 0. The van der Waals surface area contributed by atoms with Gasteiger partial charge in [-0.05, 0) is 0 Å². The molecule has 0 aromatic heterocycles. The van der Waals surface area contributed by atoms with E-state index in [9.17, 15) is 0 Å². The van der Waals surface area contributed by atoms with E-state index in [1.165, 1.54) is 0 Å². The maximum absolute atomic E-state index is 4.81. The van der Waals surface area contributed by atoms with Crippen LogP contribution in [0.5, 0.6) is 0 Å². The van der Waals surface area contributed by atoms with Gasteiger partial charge < -0.3 is 5.48 Å². The van der Waals surface area contributed by atoms with Crippen LogP contribution in [0, 0.1) is 0 Å². The van der Waals surface area contributed by atoms with E-state index < -0.39 is 27.2 Å². The summed E-state index contributed by atoms with van der Waals surface area (Å²) < 4.78 is 9.63. The molecular formula is H2B2OY. The molecule has 0 fully saturated rings. The van der Waals surface area contributed by atoms with E-state index in [1.54, 1.807) is 0 Å². The second kappa shape index (κ2) is 8.89. The molecule has 0 unspecified atom stereocenters. The Morgan fingerprint density at radius 1 is 1.25 bits per heavy atom. The summed E-state index contributed by atoms with van der Waals surface area (Å²) in [5.41, 5.74) is 0. The van der Waals surface area contributed by atoms with Gasteiger partial charge >= 0.3 is 34.7 Å². The van der Waals surface area contributed by atoms with Gasteiger partial charge in [-0.2, -0.15) is 0 Å². The van der Waals surface area contributed by atoms with Crippen molar-refractivity contribution in [3.05, 3.63) is 0 Å². The van der Waals surface area contributed by atoms with E-state index in [2.05, 4.69) is 0 Å². The fourth-order valence-corrected chi connectivity index (χ4v) is 0. The first kappa shape index (κ1) is 8.96. The minimum atomic E-state index is -0.890. The summed E-state index contributed by atoms with van der Waals surface area (Å²) in [5.74, 6) is 0. The van der Waals surface area contributed by atoms with Crippen molar-refractivity contribution in [2.24, 2.45) is 0 Å². The van der Waals surface area contributed by atoms with Crippen molar-refractivity contribution in [2.75, 3.05) is 0 Å². The van der Waals surface area contributed by atoms with E-state index in [1.807, 2.05) is 0 Å². The molecule has 0 radical (unpaired) electrons. The summed E-state index contributed by atoms with van der Waals surface area (Å²) in [7, 11) is 0. The second-order valence-electron chi connectivity index (χ2n) is 0.192. The van der Waals surface area contributed by atoms with Gasteiger partial charge in [0.25, 0.3) is 0 Å². The molecule has 0 saturated carbocycles. The van der Waals surface area contributed by atoms with Gasteiger partial charge in [-0.15, -0.1) is 0 Å². The van der Waals surface area contributed by atoms with Crippen LogP contribution in [0.15, 0.2) is 0 Å². The average molecular weight is 129 g/mol. The molecule has 0 heterocycles. The molecule has 0 rings (SSSR count). The predicted octanol–water partition coefficient (Wildman–Crippen LogP) is -1.59. The molecule has 0 saturated heterocycles. The van der Waals surface area contributed by atoms with Crippen LogP contribution in [-0.2, 0) is 27.2 Å². The molecule has 1 nitrogen and oxygen atoms in total. The molecule has 0 bridgehead atoms. The summed E-state index contributed by atoms with van der Waals surface area (Å²) >= 11 is -0.890. The second-order valence-corrected chi connectivity index (χ2v) is 1.14. The summed E-state index contributed by atoms with van der Waals surface area (Å²) in [4.78, 5) is 0. The van der Waals surface area contributed by atoms with Crippen LogP contribution in [0.4, 0.5) is 0 Å². The Hall–Kier alpha value is 1.19. The van der Waals surface area contributed by atoms with E-state index in [0.29, 0.717) is 0 Å². The summed E-state index contributed by atoms with van der Waals surface area (Å²) in [6.07, 6.45) is 0. The SMILES string of the molecule is O.[B]#[Y]#[B]. The van der Waals surface area contributed by atoms with Crippen molar-refractivity contribution < 1.29 is 32.6 Å². The molecule has 4 heavy (non-hydrogen) atoms. The standard InChI is InChI=1S/2B.H2O.Y/h;;1H2;. The fraction of sp³-hybridized carbons (Fsp3) is 0. The van der Waals surface area contributed by atoms with Gasteiger partial charge in [0.05, 0.1) is 0 Å². The summed E-state index contributed by atoms with van der Waals surface area (Å²) in [6, 6.07) is 0. The third-order valence-electron chi connectivity index (χ3n) is 0. The average Bonchev–Trinajstić information content (AvgIpc) is 0.918. The van der Waals surface area contributed by atoms with Crippen molar-refractivity contribution in [1.82, 2.24) is 0 Å². The van der Waals surface area contributed by atoms with Crippen molar-refractivity contribution in [1.29, 1.82) is 0 Å². The van der Waals surface area contributed by atoms with Crippen LogP contribution in [0.2, 0.25) is 0 Å². The number of hydrogen-bond donors (Lipinski definition) is 0. The molecular weight excluding hydrogens is 127 g/mol. The Bertz CT molecular complexity index is 79.2.